The number of carbonyl (C=O) groups excluding carboxylic acids is 2. The molecule has 0 atom stereocenters. The predicted octanol–water partition coefficient (Wildman–Crippen LogP) is 5.71. The van der Waals surface area contributed by atoms with Crippen LogP contribution in [-0.2, 0) is 16.0 Å². The maximum atomic E-state index is 14.2. The van der Waals surface area contributed by atoms with E-state index < -0.39 is 5.82 Å². The van der Waals surface area contributed by atoms with Crippen molar-refractivity contribution in [3.63, 3.8) is 0 Å². The number of carbonyl (C=O) groups is 2. The number of anilines is 2. The van der Waals surface area contributed by atoms with Crippen LogP contribution in [0.3, 0.4) is 0 Å². The summed E-state index contributed by atoms with van der Waals surface area (Å²) in [7, 11) is 0. The molecular weight excluding hydrogens is 421 g/mol. The van der Waals surface area contributed by atoms with Crippen molar-refractivity contribution in [2.75, 3.05) is 10.6 Å². The Morgan fingerprint density at radius 1 is 1.10 bits per heavy atom. The lowest BCUT2D eigenvalue weighted by Crippen LogP contribution is -2.25. The third kappa shape index (κ3) is 5.12. The van der Waals surface area contributed by atoms with Gasteiger partial charge in [-0.2, -0.15) is 11.3 Å². The van der Waals surface area contributed by atoms with Crippen LogP contribution in [0, 0.1) is 11.7 Å². The van der Waals surface area contributed by atoms with Gasteiger partial charge in [-0.3, -0.25) is 9.59 Å². The highest BCUT2D eigenvalue weighted by atomic mass is 32.1. The van der Waals surface area contributed by atoms with E-state index in [2.05, 4.69) is 15.6 Å². The Bertz CT molecular complexity index is 1030. The third-order valence-corrected chi connectivity index (χ3v) is 6.77. The summed E-state index contributed by atoms with van der Waals surface area (Å²) in [4.78, 5) is 29.3. The number of aromatic nitrogens is 1. The average molecular weight is 444 g/mol. The second-order valence-corrected chi connectivity index (χ2v) is 9.04. The highest BCUT2D eigenvalue weighted by Gasteiger charge is 2.22. The molecule has 0 radical (unpaired) electrons. The van der Waals surface area contributed by atoms with Crippen LogP contribution >= 0.6 is 22.7 Å². The van der Waals surface area contributed by atoms with E-state index in [9.17, 15) is 14.0 Å². The summed E-state index contributed by atoms with van der Waals surface area (Å²) < 4.78 is 14.2. The van der Waals surface area contributed by atoms with Crippen LogP contribution in [-0.4, -0.2) is 16.8 Å². The molecule has 156 valence electrons. The van der Waals surface area contributed by atoms with Crippen molar-refractivity contribution in [3.05, 3.63) is 51.9 Å². The standard InChI is InChI=1S/C22H22FN3O2S2/c23-18-7-6-16(10-19(18)26-21(28)14-4-2-1-3-5-14)24-20(27)11-17-13-30-22(25-17)15-8-9-29-12-15/h6-10,12-14H,1-5,11H2,(H,24,27)(H,26,28). The Balaban J connectivity index is 1.37. The van der Waals surface area contributed by atoms with E-state index in [0.29, 0.717) is 11.4 Å². The molecule has 4 rings (SSSR count). The van der Waals surface area contributed by atoms with Crippen LogP contribution in [0.2, 0.25) is 0 Å². The van der Waals surface area contributed by atoms with Gasteiger partial charge in [0.25, 0.3) is 0 Å². The fraction of sp³-hybridized carbons (Fsp3) is 0.318. The molecule has 0 bridgehead atoms. The van der Waals surface area contributed by atoms with Gasteiger partial charge in [0.1, 0.15) is 10.8 Å². The normalized spacial score (nSPS) is 14.4. The number of benzene rings is 1. The monoisotopic (exact) mass is 443 g/mol. The summed E-state index contributed by atoms with van der Waals surface area (Å²) in [5.74, 6) is -0.982. The number of rotatable bonds is 6. The van der Waals surface area contributed by atoms with Gasteiger partial charge in [0.05, 0.1) is 17.8 Å². The lowest BCUT2D eigenvalue weighted by Gasteiger charge is -2.21. The largest absolute Gasteiger partial charge is 0.326 e. The smallest absolute Gasteiger partial charge is 0.230 e. The molecule has 8 heteroatoms. The highest BCUT2D eigenvalue weighted by Crippen LogP contribution is 2.28. The second kappa shape index (κ2) is 9.49. The molecule has 2 heterocycles. The van der Waals surface area contributed by atoms with Crippen LogP contribution in [0.5, 0.6) is 0 Å². The molecule has 0 aliphatic heterocycles. The molecule has 2 aromatic heterocycles. The summed E-state index contributed by atoms with van der Waals surface area (Å²) >= 11 is 3.10. The first-order valence-electron chi connectivity index (χ1n) is 9.96. The summed E-state index contributed by atoms with van der Waals surface area (Å²) in [6.45, 7) is 0. The molecule has 0 saturated heterocycles. The minimum absolute atomic E-state index is 0.0708. The first-order chi connectivity index (χ1) is 14.6. The number of thiazole rings is 1. The van der Waals surface area contributed by atoms with E-state index in [1.807, 2.05) is 22.2 Å². The van der Waals surface area contributed by atoms with Crippen LogP contribution in [0.4, 0.5) is 15.8 Å². The van der Waals surface area contributed by atoms with Crippen LogP contribution in [0.1, 0.15) is 37.8 Å². The zero-order valence-corrected chi connectivity index (χ0v) is 18.0. The Hall–Kier alpha value is -2.58. The Labute approximate surface area is 182 Å². The van der Waals surface area contributed by atoms with Crippen molar-refractivity contribution in [1.82, 2.24) is 4.98 Å². The van der Waals surface area contributed by atoms with E-state index >= 15 is 0 Å². The van der Waals surface area contributed by atoms with E-state index in [4.69, 9.17) is 0 Å². The van der Waals surface area contributed by atoms with Crippen molar-refractivity contribution in [3.8, 4) is 10.6 Å². The SMILES string of the molecule is O=C(Cc1csc(-c2ccsc2)n1)Nc1ccc(F)c(NC(=O)C2CCCCC2)c1. The molecule has 2 amide bonds. The van der Waals surface area contributed by atoms with Gasteiger partial charge in [0.15, 0.2) is 0 Å². The first-order valence-corrected chi connectivity index (χ1v) is 11.8. The Morgan fingerprint density at radius 2 is 1.93 bits per heavy atom. The molecule has 1 fully saturated rings. The molecule has 30 heavy (non-hydrogen) atoms. The molecule has 5 nitrogen and oxygen atoms in total. The molecule has 0 spiro atoms. The molecule has 1 aliphatic carbocycles. The van der Waals surface area contributed by atoms with Crippen molar-refractivity contribution in [2.45, 2.75) is 38.5 Å². The molecule has 0 unspecified atom stereocenters. The van der Waals surface area contributed by atoms with Crippen LogP contribution < -0.4 is 10.6 Å². The van der Waals surface area contributed by atoms with Gasteiger partial charge in [0, 0.05) is 27.9 Å². The van der Waals surface area contributed by atoms with Crippen LogP contribution in [0.25, 0.3) is 10.6 Å². The number of thiophene rings is 1. The number of nitrogens with one attached hydrogen (secondary N) is 2. The number of halogens is 1. The van der Waals surface area contributed by atoms with Crippen molar-refractivity contribution >= 4 is 45.9 Å². The van der Waals surface area contributed by atoms with E-state index in [0.717, 1.165) is 42.7 Å². The first kappa shape index (κ1) is 20.7. The van der Waals surface area contributed by atoms with E-state index in [1.54, 1.807) is 11.3 Å². The van der Waals surface area contributed by atoms with Crippen molar-refractivity contribution < 1.29 is 14.0 Å². The zero-order valence-electron chi connectivity index (χ0n) is 16.3. The van der Waals surface area contributed by atoms with Gasteiger partial charge >= 0.3 is 0 Å². The lowest BCUT2D eigenvalue weighted by molar-refractivity contribution is -0.120. The van der Waals surface area contributed by atoms with Gasteiger partial charge in [-0.15, -0.1) is 11.3 Å². The Kier molecular flexibility index (Phi) is 6.54. The number of hydrogen-bond acceptors (Lipinski definition) is 5. The summed E-state index contributed by atoms with van der Waals surface area (Å²) in [6.07, 6.45) is 5.01. The van der Waals surface area contributed by atoms with Crippen LogP contribution in [0.15, 0.2) is 40.4 Å². The number of hydrogen-bond donors (Lipinski definition) is 2. The predicted molar refractivity (Wildman–Crippen MR) is 119 cm³/mol. The third-order valence-electron chi connectivity index (χ3n) is 5.15. The minimum atomic E-state index is -0.517. The summed E-state index contributed by atoms with van der Waals surface area (Å²) in [6, 6.07) is 6.20. The number of amides is 2. The summed E-state index contributed by atoms with van der Waals surface area (Å²) in [5.41, 5.74) is 2.27. The minimum Gasteiger partial charge on any atom is -0.326 e. The molecule has 1 aromatic carbocycles. The number of nitrogens with zero attached hydrogens (tertiary/aromatic N) is 1. The second-order valence-electron chi connectivity index (χ2n) is 7.40. The molecular formula is C22H22FN3O2S2. The van der Waals surface area contributed by atoms with Crippen molar-refractivity contribution in [2.24, 2.45) is 5.92 Å². The van der Waals surface area contributed by atoms with Gasteiger partial charge in [-0.25, -0.2) is 9.37 Å². The van der Waals surface area contributed by atoms with E-state index in [-0.39, 0.29) is 29.8 Å². The fourth-order valence-electron chi connectivity index (χ4n) is 3.57. The van der Waals surface area contributed by atoms with Gasteiger partial charge < -0.3 is 10.6 Å². The average Bonchev–Trinajstić information content (AvgIpc) is 3.43. The molecule has 2 N–H and O–H groups in total. The molecule has 3 aromatic rings. The summed E-state index contributed by atoms with van der Waals surface area (Å²) in [5, 5.41) is 12.2. The maximum absolute atomic E-state index is 14.2. The van der Waals surface area contributed by atoms with Gasteiger partial charge in [-0.1, -0.05) is 19.3 Å². The van der Waals surface area contributed by atoms with E-state index in [1.165, 1.54) is 29.5 Å². The van der Waals surface area contributed by atoms with Crippen molar-refractivity contribution in [1.29, 1.82) is 0 Å². The van der Waals surface area contributed by atoms with Gasteiger partial charge in [-0.05, 0) is 42.5 Å². The maximum Gasteiger partial charge on any atom is 0.230 e. The highest BCUT2D eigenvalue weighted by molar-refractivity contribution is 7.14. The molecule has 1 aliphatic rings. The van der Waals surface area contributed by atoms with Gasteiger partial charge in [0.2, 0.25) is 11.8 Å². The fourth-order valence-corrected chi connectivity index (χ4v) is 5.11. The Morgan fingerprint density at radius 3 is 2.70 bits per heavy atom. The quantitative estimate of drug-likeness (QED) is 0.513. The zero-order chi connectivity index (χ0) is 20.9. The topological polar surface area (TPSA) is 71.1 Å². The molecule has 1 saturated carbocycles. The lowest BCUT2D eigenvalue weighted by atomic mass is 9.88.